The number of aryl methyl sites for hydroxylation is 2. The van der Waals surface area contributed by atoms with Crippen LogP contribution in [0.4, 0.5) is 5.69 Å². The molecule has 0 aromatic carbocycles. The molecule has 0 amide bonds. The van der Waals surface area contributed by atoms with Crippen molar-refractivity contribution >= 4 is 16.7 Å². The normalized spacial score (nSPS) is 11.0. The number of hydrogen-bond donors (Lipinski definition) is 0. The topological polar surface area (TPSA) is 78.7 Å². The standard InChI is InChI=1S/C19H18N8/c1-4-6-13-14-11-23-26(3)18(14)25-24-16(13)12-27-10-9-22-19(27)17-15(20-2)7-5-8-21-17/h5,7-11H,4,6,12H2,1,3H3. The van der Waals surface area contributed by atoms with Gasteiger partial charge in [0.15, 0.2) is 5.65 Å². The Labute approximate surface area is 156 Å². The SMILES string of the molecule is [C-]#[N+]c1cccnc1-c1nccn1Cc1nnc2c(cnn2C)c1CCC. The second kappa shape index (κ2) is 6.96. The van der Waals surface area contributed by atoms with Gasteiger partial charge in [0.05, 0.1) is 25.0 Å². The van der Waals surface area contributed by atoms with Crippen LogP contribution >= 0.6 is 0 Å². The maximum atomic E-state index is 7.38. The molecule has 0 spiro atoms. The van der Waals surface area contributed by atoms with Crippen molar-refractivity contribution in [3.63, 3.8) is 0 Å². The van der Waals surface area contributed by atoms with Gasteiger partial charge in [-0.15, -0.1) is 5.10 Å². The zero-order valence-corrected chi connectivity index (χ0v) is 15.2. The number of nitrogens with zero attached hydrogens (tertiary/aromatic N) is 8. The Morgan fingerprint density at radius 2 is 2.07 bits per heavy atom. The minimum absolute atomic E-state index is 0.479. The van der Waals surface area contributed by atoms with Crippen LogP contribution in [0.25, 0.3) is 27.4 Å². The largest absolute Gasteiger partial charge is 0.325 e. The number of fused-ring (bicyclic) bond motifs is 1. The summed E-state index contributed by atoms with van der Waals surface area (Å²) >= 11 is 0. The van der Waals surface area contributed by atoms with E-state index >= 15 is 0 Å². The summed E-state index contributed by atoms with van der Waals surface area (Å²) in [5.41, 5.74) is 3.88. The summed E-state index contributed by atoms with van der Waals surface area (Å²) in [7, 11) is 1.87. The summed E-state index contributed by atoms with van der Waals surface area (Å²) in [6.45, 7) is 10.0. The number of imidazole rings is 1. The van der Waals surface area contributed by atoms with Crippen molar-refractivity contribution in [2.24, 2.45) is 7.05 Å². The molecule has 8 heteroatoms. The monoisotopic (exact) mass is 358 g/mol. The van der Waals surface area contributed by atoms with Crippen molar-refractivity contribution in [2.45, 2.75) is 26.3 Å². The Bertz CT molecular complexity index is 1150. The van der Waals surface area contributed by atoms with Crippen molar-refractivity contribution in [1.82, 2.24) is 34.5 Å². The van der Waals surface area contributed by atoms with Crippen LogP contribution in [0.5, 0.6) is 0 Å². The van der Waals surface area contributed by atoms with E-state index in [1.54, 1.807) is 29.2 Å². The fraction of sp³-hybridized carbons (Fsp3) is 0.263. The van der Waals surface area contributed by atoms with Crippen LogP contribution < -0.4 is 0 Å². The van der Waals surface area contributed by atoms with Gasteiger partial charge in [-0.1, -0.05) is 25.5 Å². The molecule has 4 aromatic rings. The smallest absolute Gasteiger partial charge is 0.216 e. The zero-order valence-electron chi connectivity index (χ0n) is 15.2. The van der Waals surface area contributed by atoms with Crippen molar-refractivity contribution < 1.29 is 0 Å². The molecule has 0 unspecified atom stereocenters. The lowest BCUT2D eigenvalue weighted by Gasteiger charge is -2.12. The van der Waals surface area contributed by atoms with Gasteiger partial charge in [-0.05, 0) is 12.0 Å². The highest BCUT2D eigenvalue weighted by molar-refractivity contribution is 5.79. The molecule has 0 N–H and O–H groups in total. The molecule has 134 valence electrons. The average molecular weight is 358 g/mol. The molecule has 4 aromatic heterocycles. The molecule has 8 nitrogen and oxygen atoms in total. The summed E-state index contributed by atoms with van der Waals surface area (Å²) in [4.78, 5) is 12.3. The van der Waals surface area contributed by atoms with Gasteiger partial charge in [-0.3, -0.25) is 4.98 Å². The third kappa shape index (κ3) is 2.93. The van der Waals surface area contributed by atoms with Crippen molar-refractivity contribution in [2.75, 3.05) is 0 Å². The summed E-state index contributed by atoms with van der Waals surface area (Å²) in [6, 6.07) is 3.50. The van der Waals surface area contributed by atoms with Crippen LogP contribution in [0.2, 0.25) is 0 Å². The third-order valence-corrected chi connectivity index (χ3v) is 4.50. The molecule has 0 fully saturated rings. The van der Waals surface area contributed by atoms with Crippen LogP contribution in [0.1, 0.15) is 24.6 Å². The fourth-order valence-electron chi connectivity index (χ4n) is 3.22. The molecule has 0 bridgehead atoms. The van der Waals surface area contributed by atoms with Gasteiger partial charge in [0.2, 0.25) is 5.69 Å². The molecule has 4 heterocycles. The van der Waals surface area contributed by atoms with E-state index in [4.69, 9.17) is 6.57 Å². The first-order valence-corrected chi connectivity index (χ1v) is 8.73. The van der Waals surface area contributed by atoms with Crippen molar-refractivity contribution in [3.8, 4) is 11.5 Å². The first kappa shape index (κ1) is 16.8. The molecule has 4 rings (SSSR count). The molecular formula is C19H18N8. The molecule has 0 aliphatic rings. The number of rotatable bonds is 5. The molecule has 0 aliphatic carbocycles. The highest BCUT2D eigenvalue weighted by atomic mass is 15.3. The number of hydrogen-bond acceptors (Lipinski definition) is 5. The van der Waals surface area contributed by atoms with Crippen LogP contribution in [0.3, 0.4) is 0 Å². The van der Waals surface area contributed by atoms with Gasteiger partial charge in [-0.2, -0.15) is 10.2 Å². The summed E-state index contributed by atoms with van der Waals surface area (Å²) in [6.07, 6.45) is 9.02. The van der Waals surface area contributed by atoms with E-state index in [1.807, 2.05) is 24.0 Å². The second-order valence-electron chi connectivity index (χ2n) is 6.24. The van der Waals surface area contributed by atoms with E-state index in [2.05, 4.69) is 37.0 Å². The molecule has 0 saturated carbocycles. The molecule has 0 radical (unpaired) electrons. The first-order chi connectivity index (χ1) is 13.2. The van der Waals surface area contributed by atoms with Crippen LogP contribution in [-0.2, 0) is 20.0 Å². The van der Waals surface area contributed by atoms with E-state index in [-0.39, 0.29) is 0 Å². The second-order valence-corrected chi connectivity index (χ2v) is 6.24. The fourth-order valence-corrected chi connectivity index (χ4v) is 3.22. The van der Waals surface area contributed by atoms with E-state index in [9.17, 15) is 0 Å². The lowest BCUT2D eigenvalue weighted by Crippen LogP contribution is -2.09. The van der Waals surface area contributed by atoms with E-state index in [1.165, 1.54) is 0 Å². The Balaban J connectivity index is 1.79. The van der Waals surface area contributed by atoms with Gasteiger partial charge in [0.1, 0.15) is 11.5 Å². The highest BCUT2D eigenvalue weighted by Crippen LogP contribution is 2.28. The van der Waals surface area contributed by atoms with Gasteiger partial charge < -0.3 is 4.57 Å². The minimum atomic E-state index is 0.479. The number of pyridine rings is 1. The number of aromatic nitrogens is 7. The van der Waals surface area contributed by atoms with E-state index in [0.717, 1.165) is 35.1 Å². The summed E-state index contributed by atoms with van der Waals surface area (Å²) < 4.78 is 3.70. The molecule has 0 atom stereocenters. The quantitative estimate of drug-likeness (QED) is 0.512. The Morgan fingerprint density at radius 3 is 2.89 bits per heavy atom. The van der Waals surface area contributed by atoms with Crippen LogP contribution in [-0.4, -0.2) is 34.5 Å². The van der Waals surface area contributed by atoms with E-state index in [0.29, 0.717) is 23.8 Å². The minimum Gasteiger partial charge on any atom is -0.325 e. The first-order valence-electron chi connectivity index (χ1n) is 8.73. The molecule has 0 aliphatic heterocycles. The Morgan fingerprint density at radius 1 is 1.19 bits per heavy atom. The predicted octanol–water partition coefficient (Wildman–Crippen LogP) is 3.17. The molecule has 0 saturated heterocycles. The molecular weight excluding hydrogens is 340 g/mol. The van der Waals surface area contributed by atoms with Gasteiger partial charge in [-0.25, -0.2) is 14.5 Å². The average Bonchev–Trinajstić information content (AvgIpc) is 3.30. The highest BCUT2D eigenvalue weighted by Gasteiger charge is 2.17. The lowest BCUT2D eigenvalue weighted by molar-refractivity contribution is 0.731. The zero-order chi connectivity index (χ0) is 18.8. The maximum Gasteiger partial charge on any atom is 0.216 e. The third-order valence-electron chi connectivity index (χ3n) is 4.50. The van der Waals surface area contributed by atoms with Crippen LogP contribution in [0, 0.1) is 6.57 Å². The Hall–Kier alpha value is -3.60. The molecule has 27 heavy (non-hydrogen) atoms. The summed E-state index contributed by atoms with van der Waals surface area (Å²) in [5.74, 6) is 0.650. The van der Waals surface area contributed by atoms with Gasteiger partial charge in [0, 0.05) is 31.0 Å². The van der Waals surface area contributed by atoms with Crippen molar-refractivity contribution in [1.29, 1.82) is 0 Å². The Kier molecular flexibility index (Phi) is 4.34. The maximum absolute atomic E-state index is 7.38. The van der Waals surface area contributed by atoms with Crippen LogP contribution in [0.15, 0.2) is 36.9 Å². The predicted molar refractivity (Wildman–Crippen MR) is 101 cm³/mol. The van der Waals surface area contributed by atoms with Crippen molar-refractivity contribution in [3.05, 3.63) is 59.6 Å². The van der Waals surface area contributed by atoms with E-state index < -0.39 is 0 Å². The van der Waals surface area contributed by atoms with Gasteiger partial charge >= 0.3 is 0 Å². The summed E-state index contributed by atoms with van der Waals surface area (Å²) in [5, 5.41) is 14.2. The lowest BCUT2D eigenvalue weighted by atomic mass is 10.1. The van der Waals surface area contributed by atoms with Gasteiger partial charge in [0.25, 0.3) is 0 Å².